The van der Waals surface area contributed by atoms with Crippen LogP contribution in [-0.4, -0.2) is 22.3 Å². The van der Waals surface area contributed by atoms with E-state index in [9.17, 15) is 5.26 Å². The van der Waals surface area contributed by atoms with Gasteiger partial charge in [-0.2, -0.15) is 10.4 Å². The SMILES string of the molecule is COc1ccc(-c2cc(/C(C#N)=C/c3c[nH]c4ccccc34)[nH]n2)cc1. The average molecular weight is 340 g/mol. The van der Waals surface area contributed by atoms with Crippen molar-refractivity contribution in [2.24, 2.45) is 0 Å². The number of rotatable bonds is 4. The van der Waals surface area contributed by atoms with Crippen molar-refractivity contribution in [3.63, 3.8) is 0 Å². The summed E-state index contributed by atoms with van der Waals surface area (Å²) in [6.07, 6.45) is 3.77. The van der Waals surface area contributed by atoms with Crippen LogP contribution in [0.5, 0.6) is 5.75 Å². The summed E-state index contributed by atoms with van der Waals surface area (Å²) in [6.45, 7) is 0. The van der Waals surface area contributed by atoms with Crippen molar-refractivity contribution in [1.82, 2.24) is 15.2 Å². The van der Waals surface area contributed by atoms with E-state index < -0.39 is 0 Å². The van der Waals surface area contributed by atoms with Crippen molar-refractivity contribution in [3.8, 4) is 23.1 Å². The molecule has 0 aliphatic heterocycles. The quantitative estimate of drug-likeness (QED) is 0.532. The van der Waals surface area contributed by atoms with Crippen LogP contribution in [0, 0.1) is 11.3 Å². The highest BCUT2D eigenvalue weighted by Crippen LogP contribution is 2.26. The maximum absolute atomic E-state index is 9.61. The molecule has 0 bridgehead atoms. The summed E-state index contributed by atoms with van der Waals surface area (Å²) >= 11 is 0. The lowest BCUT2D eigenvalue weighted by molar-refractivity contribution is 0.415. The van der Waals surface area contributed by atoms with Gasteiger partial charge in [0, 0.05) is 28.2 Å². The number of para-hydroxylation sites is 1. The molecule has 5 heteroatoms. The van der Waals surface area contributed by atoms with Crippen molar-refractivity contribution < 1.29 is 4.74 Å². The fourth-order valence-corrected chi connectivity index (χ4v) is 2.91. The van der Waals surface area contributed by atoms with E-state index in [1.165, 1.54) is 0 Å². The largest absolute Gasteiger partial charge is 0.497 e. The fourth-order valence-electron chi connectivity index (χ4n) is 2.91. The van der Waals surface area contributed by atoms with Crippen LogP contribution in [0.25, 0.3) is 33.8 Å². The Kier molecular flexibility index (Phi) is 4.00. The van der Waals surface area contributed by atoms with Crippen molar-refractivity contribution in [2.75, 3.05) is 7.11 Å². The summed E-state index contributed by atoms with van der Waals surface area (Å²) in [5, 5.41) is 18.0. The summed E-state index contributed by atoms with van der Waals surface area (Å²) in [5.41, 5.74) is 4.96. The normalized spacial score (nSPS) is 11.5. The monoisotopic (exact) mass is 340 g/mol. The highest BCUT2D eigenvalue weighted by molar-refractivity contribution is 5.97. The van der Waals surface area contributed by atoms with Crippen LogP contribution in [0.4, 0.5) is 0 Å². The van der Waals surface area contributed by atoms with E-state index in [4.69, 9.17) is 4.74 Å². The molecule has 0 fully saturated rings. The lowest BCUT2D eigenvalue weighted by Gasteiger charge is -2.00. The van der Waals surface area contributed by atoms with Gasteiger partial charge in [-0.1, -0.05) is 18.2 Å². The van der Waals surface area contributed by atoms with Crippen LogP contribution in [0.1, 0.15) is 11.3 Å². The van der Waals surface area contributed by atoms with Gasteiger partial charge < -0.3 is 9.72 Å². The molecule has 0 radical (unpaired) electrons. The first-order valence-corrected chi connectivity index (χ1v) is 8.16. The Morgan fingerprint density at radius 1 is 1.15 bits per heavy atom. The molecule has 2 aromatic heterocycles. The molecule has 0 atom stereocenters. The molecule has 4 aromatic rings. The first-order valence-electron chi connectivity index (χ1n) is 8.16. The van der Waals surface area contributed by atoms with E-state index in [2.05, 4.69) is 21.3 Å². The van der Waals surface area contributed by atoms with Crippen LogP contribution in [-0.2, 0) is 0 Å². The second-order valence-corrected chi connectivity index (χ2v) is 5.85. The number of fused-ring (bicyclic) bond motifs is 1. The Morgan fingerprint density at radius 2 is 1.96 bits per heavy atom. The molecule has 2 heterocycles. The van der Waals surface area contributed by atoms with Gasteiger partial charge in [0.05, 0.1) is 24.1 Å². The number of nitriles is 1. The van der Waals surface area contributed by atoms with E-state index in [-0.39, 0.29) is 0 Å². The summed E-state index contributed by atoms with van der Waals surface area (Å²) < 4.78 is 5.18. The average Bonchev–Trinajstić information content (AvgIpc) is 3.34. The minimum Gasteiger partial charge on any atom is -0.497 e. The first-order chi connectivity index (χ1) is 12.8. The van der Waals surface area contributed by atoms with E-state index in [0.29, 0.717) is 11.3 Å². The van der Waals surface area contributed by atoms with Crippen molar-refractivity contribution in [3.05, 3.63) is 72.1 Å². The number of allylic oxidation sites excluding steroid dienone is 1. The number of benzene rings is 2. The number of ether oxygens (including phenoxy) is 1. The zero-order valence-corrected chi connectivity index (χ0v) is 14.2. The van der Waals surface area contributed by atoms with Gasteiger partial charge in [-0.25, -0.2) is 0 Å². The van der Waals surface area contributed by atoms with Gasteiger partial charge in [-0.05, 0) is 42.5 Å². The topological polar surface area (TPSA) is 77.5 Å². The third-order valence-corrected chi connectivity index (χ3v) is 4.30. The van der Waals surface area contributed by atoms with Crippen molar-refractivity contribution in [1.29, 1.82) is 5.26 Å². The second kappa shape index (κ2) is 6.61. The molecule has 2 N–H and O–H groups in total. The van der Waals surface area contributed by atoms with Crippen molar-refractivity contribution >= 4 is 22.6 Å². The van der Waals surface area contributed by atoms with E-state index in [0.717, 1.165) is 33.5 Å². The molecule has 26 heavy (non-hydrogen) atoms. The van der Waals surface area contributed by atoms with Gasteiger partial charge in [0.25, 0.3) is 0 Å². The molecule has 0 saturated heterocycles. The Bertz CT molecular complexity index is 1130. The van der Waals surface area contributed by atoms with Gasteiger partial charge >= 0.3 is 0 Å². The van der Waals surface area contributed by atoms with Gasteiger partial charge in [0.15, 0.2) is 0 Å². The standard InChI is InChI=1S/C21H16N4O/c1-26-17-8-6-14(7-9-17)20-11-21(25-24-20)15(12-22)10-16-13-23-19-5-3-2-4-18(16)19/h2-11,13,23H,1H3,(H,24,25)/b15-10+. The molecule has 0 aliphatic rings. The molecule has 0 spiro atoms. The van der Waals surface area contributed by atoms with Gasteiger partial charge in [0.2, 0.25) is 0 Å². The first kappa shape index (κ1) is 15.7. The highest BCUT2D eigenvalue weighted by atomic mass is 16.5. The Morgan fingerprint density at radius 3 is 2.73 bits per heavy atom. The number of aromatic nitrogens is 3. The zero-order chi connectivity index (χ0) is 17.9. The summed E-state index contributed by atoms with van der Waals surface area (Å²) in [6, 6.07) is 19.8. The lowest BCUT2D eigenvalue weighted by atomic mass is 10.1. The molecular weight excluding hydrogens is 324 g/mol. The Balaban J connectivity index is 1.69. The third kappa shape index (κ3) is 2.85. The smallest absolute Gasteiger partial charge is 0.118 e. The predicted octanol–water partition coefficient (Wildman–Crippen LogP) is 4.63. The molecule has 4 rings (SSSR count). The van der Waals surface area contributed by atoms with Crippen LogP contribution < -0.4 is 4.74 Å². The minimum absolute atomic E-state index is 0.530. The van der Waals surface area contributed by atoms with Crippen LogP contribution >= 0.6 is 0 Å². The Labute approximate surface area is 150 Å². The number of H-pyrrole nitrogens is 2. The molecule has 0 saturated carbocycles. The third-order valence-electron chi connectivity index (χ3n) is 4.30. The molecule has 5 nitrogen and oxygen atoms in total. The van der Waals surface area contributed by atoms with Crippen LogP contribution in [0.3, 0.4) is 0 Å². The van der Waals surface area contributed by atoms with Crippen LogP contribution in [0.2, 0.25) is 0 Å². The van der Waals surface area contributed by atoms with Gasteiger partial charge in [-0.3, -0.25) is 5.10 Å². The molecule has 126 valence electrons. The van der Waals surface area contributed by atoms with Gasteiger partial charge in [-0.15, -0.1) is 0 Å². The second-order valence-electron chi connectivity index (χ2n) is 5.85. The molecule has 0 aliphatic carbocycles. The number of hydrogen-bond acceptors (Lipinski definition) is 3. The van der Waals surface area contributed by atoms with E-state index in [1.807, 2.05) is 66.9 Å². The summed E-state index contributed by atoms with van der Waals surface area (Å²) in [4.78, 5) is 3.22. The molecular formula is C21H16N4O. The number of methoxy groups -OCH3 is 1. The maximum Gasteiger partial charge on any atom is 0.118 e. The predicted molar refractivity (Wildman–Crippen MR) is 102 cm³/mol. The van der Waals surface area contributed by atoms with Crippen molar-refractivity contribution in [2.45, 2.75) is 0 Å². The van der Waals surface area contributed by atoms with E-state index in [1.54, 1.807) is 7.11 Å². The van der Waals surface area contributed by atoms with Crippen LogP contribution in [0.15, 0.2) is 60.8 Å². The molecule has 0 unspecified atom stereocenters. The maximum atomic E-state index is 9.61. The number of nitrogens with one attached hydrogen (secondary N) is 2. The Hall–Kier alpha value is -3.78. The minimum atomic E-state index is 0.530. The molecule has 2 aromatic carbocycles. The highest BCUT2D eigenvalue weighted by Gasteiger charge is 2.10. The number of hydrogen-bond donors (Lipinski definition) is 2. The zero-order valence-electron chi connectivity index (χ0n) is 14.2. The lowest BCUT2D eigenvalue weighted by Crippen LogP contribution is -1.82. The summed E-state index contributed by atoms with van der Waals surface area (Å²) in [7, 11) is 1.64. The van der Waals surface area contributed by atoms with Gasteiger partial charge in [0.1, 0.15) is 11.8 Å². The summed E-state index contributed by atoms with van der Waals surface area (Å²) in [5.74, 6) is 0.793. The number of aromatic amines is 2. The fraction of sp³-hybridized carbons (Fsp3) is 0.0476. The number of nitrogens with zero attached hydrogens (tertiary/aromatic N) is 2. The molecule has 0 amide bonds. The van der Waals surface area contributed by atoms with E-state index >= 15 is 0 Å².